The summed E-state index contributed by atoms with van der Waals surface area (Å²) in [6.07, 6.45) is 3.94. The minimum Gasteiger partial charge on any atom is -0.493 e. The Balaban J connectivity index is 1.71. The van der Waals surface area contributed by atoms with Gasteiger partial charge < -0.3 is 10.1 Å². The summed E-state index contributed by atoms with van der Waals surface area (Å²) < 4.78 is 47.0. The van der Waals surface area contributed by atoms with Gasteiger partial charge in [0.15, 0.2) is 0 Å². The third-order valence-corrected chi connectivity index (χ3v) is 6.30. The Hall–Kier alpha value is -2.57. The van der Waals surface area contributed by atoms with Crippen molar-refractivity contribution < 1.29 is 22.7 Å². The van der Waals surface area contributed by atoms with E-state index >= 15 is 0 Å². The first-order valence-electron chi connectivity index (χ1n) is 12.2. The first-order valence-corrected chi connectivity index (χ1v) is 12.2. The molecule has 186 valence electrons. The highest BCUT2D eigenvalue weighted by atomic mass is 19.4. The number of rotatable bonds is 10. The van der Waals surface area contributed by atoms with Gasteiger partial charge in [0.1, 0.15) is 11.6 Å². The van der Waals surface area contributed by atoms with Gasteiger partial charge in [-0.05, 0) is 66.0 Å². The molecule has 1 aliphatic carbocycles. The maximum absolute atomic E-state index is 13.8. The molecule has 0 radical (unpaired) electrons. The molecule has 2 aromatic rings. The average molecular weight is 477 g/mol. The normalized spacial score (nSPS) is 15.5. The van der Waals surface area contributed by atoms with E-state index in [1.165, 1.54) is 37.9 Å². The smallest absolute Gasteiger partial charge is 0.419 e. The van der Waals surface area contributed by atoms with Gasteiger partial charge >= 0.3 is 6.18 Å². The number of anilines is 1. The standard InChI is InChI=1S/C27H35F3N2O2/c1-18(2)14-19(3)17-34-24-10-9-21(15-23(24)27(28,29)30)22-12-13-31-25(16-22)32-26(33)11-8-20-6-4-5-7-20/h9-10,12-13,15-16,18-20H,4-8,11,14,17H2,1-3H3,(H,31,32,33). The van der Waals surface area contributed by atoms with Crippen molar-refractivity contribution in [3.8, 4) is 16.9 Å². The number of carbonyl (C=O) groups is 1. The fraction of sp³-hybridized carbons (Fsp3) is 0.556. The highest BCUT2D eigenvalue weighted by Crippen LogP contribution is 2.39. The Morgan fingerprint density at radius 2 is 1.82 bits per heavy atom. The van der Waals surface area contributed by atoms with E-state index in [-0.39, 0.29) is 24.2 Å². The van der Waals surface area contributed by atoms with Crippen molar-refractivity contribution in [3.63, 3.8) is 0 Å². The molecule has 1 aromatic carbocycles. The summed E-state index contributed by atoms with van der Waals surface area (Å²) in [7, 11) is 0. The summed E-state index contributed by atoms with van der Waals surface area (Å²) in [6, 6.07) is 7.33. The summed E-state index contributed by atoms with van der Waals surface area (Å²) in [6.45, 7) is 6.36. The zero-order valence-corrected chi connectivity index (χ0v) is 20.3. The zero-order chi connectivity index (χ0) is 24.7. The molecule has 1 amide bonds. The number of ether oxygens (including phenoxy) is 1. The second kappa shape index (κ2) is 11.7. The molecule has 1 fully saturated rings. The molecule has 34 heavy (non-hydrogen) atoms. The molecule has 0 aliphatic heterocycles. The third kappa shape index (κ3) is 7.74. The van der Waals surface area contributed by atoms with E-state index in [1.807, 2.05) is 6.92 Å². The van der Waals surface area contributed by atoms with Gasteiger partial charge in [-0.3, -0.25) is 4.79 Å². The number of hydrogen-bond acceptors (Lipinski definition) is 3. The van der Waals surface area contributed by atoms with Gasteiger partial charge in [-0.25, -0.2) is 4.98 Å². The number of aromatic nitrogens is 1. The van der Waals surface area contributed by atoms with E-state index in [0.29, 0.717) is 35.2 Å². The van der Waals surface area contributed by atoms with Crippen molar-refractivity contribution in [2.75, 3.05) is 11.9 Å². The summed E-state index contributed by atoms with van der Waals surface area (Å²) in [5, 5.41) is 2.78. The van der Waals surface area contributed by atoms with Crippen molar-refractivity contribution in [1.82, 2.24) is 4.98 Å². The van der Waals surface area contributed by atoms with E-state index in [0.717, 1.165) is 18.9 Å². The number of hydrogen-bond donors (Lipinski definition) is 1. The van der Waals surface area contributed by atoms with Crippen LogP contribution in [0.15, 0.2) is 36.5 Å². The van der Waals surface area contributed by atoms with Gasteiger partial charge in [0.2, 0.25) is 5.91 Å². The van der Waals surface area contributed by atoms with Crippen LogP contribution in [0.25, 0.3) is 11.1 Å². The first kappa shape index (κ1) is 26.0. The highest BCUT2D eigenvalue weighted by molar-refractivity contribution is 5.90. The molecule has 7 heteroatoms. The fourth-order valence-electron chi connectivity index (χ4n) is 4.68. The minimum absolute atomic E-state index is 0.119. The van der Waals surface area contributed by atoms with Crippen LogP contribution >= 0.6 is 0 Å². The van der Waals surface area contributed by atoms with Crippen LogP contribution in [-0.2, 0) is 11.0 Å². The molecule has 1 aliphatic rings. The van der Waals surface area contributed by atoms with Gasteiger partial charge in [-0.1, -0.05) is 52.5 Å². The lowest BCUT2D eigenvalue weighted by Crippen LogP contribution is -2.14. The maximum atomic E-state index is 13.8. The largest absolute Gasteiger partial charge is 0.493 e. The Morgan fingerprint density at radius 1 is 1.12 bits per heavy atom. The molecule has 3 rings (SSSR count). The molecule has 1 unspecified atom stereocenters. The number of nitrogens with one attached hydrogen (secondary N) is 1. The zero-order valence-electron chi connectivity index (χ0n) is 20.3. The third-order valence-electron chi connectivity index (χ3n) is 6.30. The van der Waals surface area contributed by atoms with E-state index in [4.69, 9.17) is 4.74 Å². The van der Waals surface area contributed by atoms with Crippen molar-refractivity contribution >= 4 is 11.7 Å². The van der Waals surface area contributed by atoms with Crippen LogP contribution < -0.4 is 10.1 Å². The number of amides is 1. The van der Waals surface area contributed by atoms with E-state index in [9.17, 15) is 18.0 Å². The van der Waals surface area contributed by atoms with Crippen LogP contribution in [0.2, 0.25) is 0 Å². The summed E-state index contributed by atoms with van der Waals surface area (Å²) >= 11 is 0. The van der Waals surface area contributed by atoms with Crippen LogP contribution in [0.4, 0.5) is 19.0 Å². The number of nitrogens with zero attached hydrogens (tertiary/aromatic N) is 1. The molecule has 0 bridgehead atoms. The first-order chi connectivity index (χ1) is 16.1. The van der Waals surface area contributed by atoms with Crippen molar-refractivity contribution in [1.29, 1.82) is 0 Å². The monoisotopic (exact) mass is 476 g/mol. The van der Waals surface area contributed by atoms with E-state index in [2.05, 4.69) is 24.1 Å². The van der Waals surface area contributed by atoms with Gasteiger partial charge in [-0.15, -0.1) is 0 Å². The van der Waals surface area contributed by atoms with Crippen LogP contribution in [0.5, 0.6) is 5.75 Å². The predicted molar refractivity (Wildman–Crippen MR) is 129 cm³/mol. The fourth-order valence-corrected chi connectivity index (χ4v) is 4.68. The van der Waals surface area contributed by atoms with Crippen LogP contribution in [0.3, 0.4) is 0 Å². The number of benzene rings is 1. The molecule has 1 atom stereocenters. The number of pyridine rings is 1. The molecule has 0 saturated heterocycles. The number of alkyl halides is 3. The topological polar surface area (TPSA) is 51.2 Å². The molecule has 4 nitrogen and oxygen atoms in total. The molecule has 1 aromatic heterocycles. The van der Waals surface area contributed by atoms with Gasteiger partial charge in [-0.2, -0.15) is 13.2 Å². The highest BCUT2D eigenvalue weighted by Gasteiger charge is 2.35. The minimum atomic E-state index is -4.54. The van der Waals surface area contributed by atoms with E-state index < -0.39 is 11.7 Å². The van der Waals surface area contributed by atoms with Gasteiger partial charge in [0.05, 0.1) is 12.2 Å². The molecular formula is C27H35F3N2O2. The Labute approximate surface area is 200 Å². The Kier molecular flexibility index (Phi) is 8.97. The summed E-state index contributed by atoms with van der Waals surface area (Å²) in [4.78, 5) is 16.5. The molecular weight excluding hydrogens is 441 g/mol. The van der Waals surface area contributed by atoms with Gasteiger partial charge in [0.25, 0.3) is 0 Å². The van der Waals surface area contributed by atoms with Crippen LogP contribution in [-0.4, -0.2) is 17.5 Å². The maximum Gasteiger partial charge on any atom is 0.419 e. The lowest BCUT2D eigenvalue weighted by atomic mass is 9.99. The average Bonchev–Trinajstić information content (AvgIpc) is 3.29. The Morgan fingerprint density at radius 3 is 2.50 bits per heavy atom. The molecule has 1 heterocycles. The van der Waals surface area contributed by atoms with Gasteiger partial charge in [0, 0.05) is 12.6 Å². The summed E-state index contributed by atoms with van der Waals surface area (Å²) in [5.74, 6) is 1.27. The lowest BCUT2D eigenvalue weighted by molar-refractivity contribution is -0.139. The number of halogens is 3. The SMILES string of the molecule is CC(C)CC(C)COc1ccc(-c2ccnc(NC(=O)CCC3CCCC3)c2)cc1C(F)(F)F. The second-order valence-electron chi connectivity index (χ2n) is 9.92. The van der Waals surface area contributed by atoms with Crippen LogP contribution in [0.1, 0.15) is 71.3 Å². The van der Waals surface area contributed by atoms with Crippen molar-refractivity contribution in [2.24, 2.45) is 17.8 Å². The predicted octanol–water partition coefficient (Wildman–Crippen LogP) is 7.74. The summed E-state index contributed by atoms with van der Waals surface area (Å²) in [5.41, 5.74) is 0.130. The van der Waals surface area contributed by atoms with Crippen molar-refractivity contribution in [3.05, 3.63) is 42.1 Å². The quantitative estimate of drug-likeness (QED) is 0.382. The van der Waals surface area contributed by atoms with E-state index in [1.54, 1.807) is 18.2 Å². The number of carbonyl (C=O) groups excluding carboxylic acids is 1. The lowest BCUT2D eigenvalue weighted by Gasteiger charge is -2.19. The molecule has 1 saturated carbocycles. The Bertz CT molecular complexity index is 953. The van der Waals surface area contributed by atoms with Crippen LogP contribution in [0, 0.1) is 17.8 Å². The molecule has 1 N–H and O–H groups in total. The van der Waals surface area contributed by atoms with Crippen molar-refractivity contribution in [2.45, 2.75) is 71.9 Å². The molecule has 0 spiro atoms. The second-order valence-corrected chi connectivity index (χ2v) is 9.92.